The molecule has 0 amide bonds. The first-order chi connectivity index (χ1) is 8.90. The van der Waals surface area contributed by atoms with Gasteiger partial charge in [-0.15, -0.1) is 0 Å². The molecular formula is C13H12ClN3OS. The number of nitrogens with zero attached hydrogens (tertiary/aromatic N) is 2. The highest BCUT2D eigenvalue weighted by atomic mass is 35.5. The molecule has 0 spiro atoms. The molecule has 1 aromatic carbocycles. The number of thiocarbonyl (C=S) groups is 1. The highest BCUT2D eigenvalue weighted by molar-refractivity contribution is 7.80. The minimum Gasteiger partial charge on any atom is -0.388 e. The molecule has 0 aliphatic carbocycles. The predicted octanol–water partition coefficient (Wildman–Crippen LogP) is 2.14. The minimum atomic E-state index is -0.277. The van der Waals surface area contributed by atoms with E-state index in [9.17, 15) is 4.79 Å². The monoisotopic (exact) mass is 293 g/mol. The van der Waals surface area contributed by atoms with Crippen molar-refractivity contribution in [1.82, 2.24) is 9.78 Å². The Morgan fingerprint density at radius 2 is 2.05 bits per heavy atom. The number of benzene rings is 1. The van der Waals surface area contributed by atoms with E-state index in [0.29, 0.717) is 10.7 Å². The Kier molecular flexibility index (Phi) is 3.68. The topological polar surface area (TPSA) is 60.9 Å². The fraction of sp³-hybridized carbons (Fsp3) is 0.154. The van der Waals surface area contributed by atoms with Gasteiger partial charge in [-0.3, -0.25) is 4.79 Å². The molecule has 0 atom stereocenters. The fourth-order valence-electron chi connectivity index (χ4n) is 1.77. The summed E-state index contributed by atoms with van der Waals surface area (Å²) in [7, 11) is 0. The third kappa shape index (κ3) is 2.67. The molecule has 0 radical (unpaired) electrons. The van der Waals surface area contributed by atoms with Gasteiger partial charge in [0.15, 0.2) is 5.69 Å². The van der Waals surface area contributed by atoms with Crippen molar-refractivity contribution in [2.45, 2.75) is 13.8 Å². The molecule has 0 aliphatic rings. The molecule has 0 saturated heterocycles. The summed E-state index contributed by atoms with van der Waals surface area (Å²) in [6.45, 7) is 3.73. The summed E-state index contributed by atoms with van der Waals surface area (Å²) >= 11 is 10.8. The van der Waals surface area contributed by atoms with E-state index in [1.807, 2.05) is 13.0 Å². The van der Waals surface area contributed by atoms with Crippen molar-refractivity contribution in [2.24, 2.45) is 5.73 Å². The summed E-state index contributed by atoms with van der Waals surface area (Å²) in [6.07, 6.45) is 0. The second-order valence-corrected chi connectivity index (χ2v) is 5.08. The first kappa shape index (κ1) is 13.7. The van der Waals surface area contributed by atoms with Crippen molar-refractivity contribution in [3.05, 3.63) is 56.5 Å². The van der Waals surface area contributed by atoms with Gasteiger partial charge in [-0.25, -0.2) is 4.68 Å². The molecule has 0 unspecified atom stereocenters. The lowest BCUT2D eigenvalue weighted by atomic mass is 10.2. The van der Waals surface area contributed by atoms with Gasteiger partial charge in [0, 0.05) is 16.8 Å². The molecular weight excluding hydrogens is 282 g/mol. The number of hydrogen-bond acceptors (Lipinski definition) is 3. The molecule has 6 heteroatoms. The fourth-order valence-corrected chi connectivity index (χ4v) is 2.08. The van der Waals surface area contributed by atoms with Gasteiger partial charge in [-0.1, -0.05) is 29.9 Å². The SMILES string of the molecule is Cc1ccc(Cl)cc1-n1nc(C(N)=S)c(=O)cc1C. The second kappa shape index (κ2) is 5.11. The van der Waals surface area contributed by atoms with Crippen LogP contribution in [0.2, 0.25) is 5.02 Å². The summed E-state index contributed by atoms with van der Waals surface area (Å²) in [5.41, 5.74) is 7.78. The first-order valence-corrected chi connectivity index (χ1v) is 6.36. The summed E-state index contributed by atoms with van der Waals surface area (Å²) in [4.78, 5) is 11.7. The Labute approximate surface area is 120 Å². The highest BCUT2D eigenvalue weighted by Gasteiger charge is 2.11. The van der Waals surface area contributed by atoms with Crippen molar-refractivity contribution >= 4 is 28.8 Å². The van der Waals surface area contributed by atoms with Crippen LogP contribution in [0.4, 0.5) is 0 Å². The summed E-state index contributed by atoms with van der Waals surface area (Å²) in [5.74, 6) is 0. The first-order valence-electron chi connectivity index (χ1n) is 5.57. The van der Waals surface area contributed by atoms with Crippen LogP contribution in [0.5, 0.6) is 0 Å². The summed E-state index contributed by atoms with van der Waals surface area (Å²) in [5, 5.41) is 4.82. The lowest BCUT2D eigenvalue weighted by Crippen LogP contribution is -2.26. The second-order valence-electron chi connectivity index (χ2n) is 4.21. The van der Waals surface area contributed by atoms with Crippen LogP contribution in [0.15, 0.2) is 29.1 Å². The zero-order valence-corrected chi connectivity index (χ0v) is 12.0. The van der Waals surface area contributed by atoms with Crippen molar-refractivity contribution in [1.29, 1.82) is 0 Å². The third-order valence-corrected chi connectivity index (χ3v) is 3.17. The van der Waals surface area contributed by atoms with E-state index in [-0.39, 0.29) is 16.1 Å². The lowest BCUT2D eigenvalue weighted by Gasteiger charge is -2.13. The standard InChI is InChI=1S/C13H12ClN3OS/c1-7-3-4-9(14)6-10(7)17-8(2)5-11(18)12(16-17)13(15)19/h3-6H,1-2H3,(H2,15,19). The van der Waals surface area contributed by atoms with E-state index >= 15 is 0 Å². The molecule has 1 heterocycles. The quantitative estimate of drug-likeness (QED) is 0.862. The number of aromatic nitrogens is 2. The smallest absolute Gasteiger partial charge is 0.210 e. The number of hydrogen-bond donors (Lipinski definition) is 1. The van der Waals surface area contributed by atoms with Crippen LogP contribution in [0.3, 0.4) is 0 Å². The molecule has 19 heavy (non-hydrogen) atoms. The van der Waals surface area contributed by atoms with Gasteiger partial charge in [-0.05, 0) is 31.5 Å². The van der Waals surface area contributed by atoms with E-state index in [4.69, 9.17) is 29.6 Å². The maximum atomic E-state index is 11.7. The van der Waals surface area contributed by atoms with Gasteiger partial charge in [0.25, 0.3) is 0 Å². The normalized spacial score (nSPS) is 10.5. The molecule has 4 nitrogen and oxygen atoms in total. The minimum absolute atomic E-state index is 0.0153. The zero-order valence-electron chi connectivity index (χ0n) is 10.5. The molecule has 2 rings (SSSR count). The van der Waals surface area contributed by atoms with Crippen molar-refractivity contribution in [3.8, 4) is 5.69 Å². The van der Waals surface area contributed by atoms with Crippen molar-refractivity contribution in [2.75, 3.05) is 0 Å². The Bertz CT molecular complexity index is 724. The molecule has 98 valence electrons. The average molecular weight is 294 g/mol. The molecule has 0 aliphatic heterocycles. The summed E-state index contributed by atoms with van der Waals surface area (Å²) < 4.78 is 1.62. The van der Waals surface area contributed by atoms with E-state index in [1.165, 1.54) is 6.07 Å². The molecule has 0 bridgehead atoms. The lowest BCUT2D eigenvalue weighted by molar-refractivity contribution is 0.789. The predicted molar refractivity (Wildman–Crippen MR) is 80.2 cm³/mol. The molecule has 0 fully saturated rings. The van der Waals surface area contributed by atoms with Gasteiger partial charge in [0.05, 0.1) is 5.69 Å². The Balaban J connectivity index is 2.75. The van der Waals surface area contributed by atoms with Gasteiger partial charge in [0.1, 0.15) is 4.99 Å². The van der Waals surface area contributed by atoms with Crippen LogP contribution in [0.1, 0.15) is 17.0 Å². The van der Waals surface area contributed by atoms with Gasteiger partial charge in [-0.2, -0.15) is 5.10 Å². The number of nitrogens with two attached hydrogens (primary N) is 1. The average Bonchev–Trinajstić information content (AvgIpc) is 2.32. The maximum Gasteiger partial charge on any atom is 0.210 e. The van der Waals surface area contributed by atoms with E-state index in [2.05, 4.69) is 5.10 Å². The van der Waals surface area contributed by atoms with Crippen LogP contribution in [0.25, 0.3) is 5.69 Å². The van der Waals surface area contributed by atoms with Crippen LogP contribution in [-0.4, -0.2) is 14.8 Å². The van der Waals surface area contributed by atoms with Crippen LogP contribution in [-0.2, 0) is 0 Å². The Morgan fingerprint density at radius 1 is 1.37 bits per heavy atom. The van der Waals surface area contributed by atoms with Crippen molar-refractivity contribution in [3.63, 3.8) is 0 Å². The van der Waals surface area contributed by atoms with Gasteiger partial charge < -0.3 is 5.73 Å². The van der Waals surface area contributed by atoms with Crippen LogP contribution in [0, 0.1) is 13.8 Å². The summed E-state index contributed by atoms with van der Waals surface area (Å²) in [6, 6.07) is 6.93. The molecule has 1 aromatic heterocycles. The van der Waals surface area contributed by atoms with Crippen LogP contribution >= 0.6 is 23.8 Å². The highest BCUT2D eigenvalue weighted by Crippen LogP contribution is 2.19. The van der Waals surface area contributed by atoms with Crippen molar-refractivity contribution < 1.29 is 0 Å². The third-order valence-electron chi connectivity index (χ3n) is 2.74. The van der Waals surface area contributed by atoms with Crippen LogP contribution < -0.4 is 11.2 Å². The Hall–Kier alpha value is -1.72. The van der Waals surface area contributed by atoms with E-state index in [1.54, 1.807) is 23.7 Å². The largest absolute Gasteiger partial charge is 0.388 e. The molecule has 0 saturated carbocycles. The van der Waals surface area contributed by atoms with E-state index in [0.717, 1.165) is 11.3 Å². The maximum absolute atomic E-state index is 11.7. The van der Waals surface area contributed by atoms with E-state index < -0.39 is 0 Å². The Morgan fingerprint density at radius 3 is 2.68 bits per heavy atom. The number of rotatable bonds is 2. The van der Waals surface area contributed by atoms with Gasteiger partial charge in [0.2, 0.25) is 5.43 Å². The molecule has 2 aromatic rings. The number of aryl methyl sites for hydroxylation is 2. The zero-order chi connectivity index (χ0) is 14.2. The number of halogens is 1. The van der Waals surface area contributed by atoms with Gasteiger partial charge >= 0.3 is 0 Å². The molecule has 2 N–H and O–H groups in total.